The minimum atomic E-state index is -0.291. The lowest BCUT2D eigenvalue weighted by molar-refractivity contribution is 0.658. The van der Waals surface area contributed by atoms with Crippen molar-refractivity contribution in [1.29, 1.82) is 0 Å². The van der Waals surface area contributed by atoms with E-state index in [4.69, 9.17) is 0 Å². The van der Waals surface area contributed by atoms with Gasteiger partial charge in [0.05, 0.1) is 0 Å². The Hall–Kier alpha value is -7.88. The highest BCUT2D eigenvalue weighted by Crippen LogP contribution is 2.60. The molecule has 0 radical (unpaired) electrons. The second-order valence-electron chi connectivity index (χ2n) is 22.0. The number of fused-ring (bicyclic) bond motifs is 15. The van der Waals surface area contributed by atoms with E-state index in [1.165, 1.54) is 139 Å². The summed E-state index contributed by atoms with van der Waals surface area (Å²) < 4.78 is 0. The third kappa shape index (κ3) is 5.09. The topological polar surface area (TPSA) is 6.48 Å². The maximum atomic E-state index is 2.73. The molecule has 0 saturated carbocycles. The van der Waals surface area contributed by atoms with Crippen LogP contribution in [0.3, 0.4) is 0 Å². The van der Waals surface area contributed by atoms with Gasteiger partial charge >= 0.3 is 6.85 Å². The third-order valence-corrected chi connectivity index (χ3v) is 17.4. The van der Waals surface area contributed by atoms with Gasteiger partial charge in [0, 0.05) is 50.2 Å². The van der Waals surface area contributed by atoms with Crippen LogP contribution in [0.2, 0.25) is 0 Å². The molecule has 2 heterocycles. The molecule has 0 atom stereocenters. The van der Waals surface area contributed by atoms with Crippen molar-refractivity contribution in [2.75, 3.05) is 9.71 Å². The number of anilines is 5. The molecule has 2 nitrogen and oxygen atoms in total. The van der Waals surface area contributed by atoms with Gasteiger partial charge in [-0.25, -0.2) is 0 Å². The first-order chi connectivity index (χ1) is 34.0. The van der Waals surface area contributed by atoms with Crippen LogP contribution < -0.4 is 20.6 Å². The summed E-state index contributed by atoms with van der Waals surface area (Å²) in [6.07, 6.45) is 0. The fourth-order valence-corrected chi connectivity index (χ4v) is 14.0. The SMILES string of the molecule is CC1(C)c2ccccc2-c2ccc(N3c4cc5c(cc4B4c6c(cc7c(c63)C(C)(C)c3ccccc3-7)-c3cc6ccccc6cc3N4c3ccc(-c4ccccc4)cc3)-c3ccccc3C5(C)C)cc21. The van der Waals surface area contributed by atoms with Gasteiger partial charge < -0.3 is 9.71 Å². The molecule has 3 heteroatoms. The van der Waals surface area contributed by atoms with Crippen LogP contribution >= 0.6 is 0 Å². The quantitative estimate of drug-likeness (QED) is 0.163. The summed E-state index contributed by atoms with van der Waals surface area (Å²) in [5.74, 6) is 0. The van der Waals surface area contributed by atoms with E-state index >= 15 is 0 Å². The van der Waals surface area contributed by atoms with Gasteiger partial charge in [0.1, 0.15) is 0 Å². The van der Waals surface area contributed by atoms with Gasteiger partial charge in [-0.3, -0.25) is 0 Å². The maximum Gasteiger partial charge on any atom is 0.333 e. The molecule has 0 aromatic heterocycles. The summed E-state index contributed by atoms with van der Waals surface area (Å²) in [7, 11) is 0. The summed E-state index contributed by atoms with van der Waals surface area (Å²) >= 11 is 0. The Balaban J connectivity index is 1.10. The molecule has 3 aliphatic carbocycles. The average Bonchev–Trinajstić information content (AvgIpc) is 3.87. The van der Waals surface area contributed by atoms with Crippen LogP contribution in [0.4, 0.5) is 28.4 Å². The van der Waals surface area contributed by atoms with Gasteiger partial charge in [-0.1, -0.05) is 193 Å². The van der Waals surface area contributed by atoms with Gasteiger partial charge in [-0.2, -0.15) is 0 Å². The normalized spacial score (nSPS) is 16.1. The van der Waals surface area contributed by atoms with E-state index in [0.717, 1.165) is 0 Å². The summed E-state index contributed by atoms with van der Waals surface area (Å²) in [4.78, 5) is 5.44. The van der Waals surface area contributed by atoms with Gasteiger partial charge in [0.15, 0.2) is 0 Å². The molecule has 0 saturated heterocycles. The Morgan fingerprint density at radius 3 is 1.56 bits per heavy atom. The van der Waals surface area contributed by atoms with Crippen molar-refractivity contribution in [3.05, 3.63) is 234 Å². The first kappa shape index (κ1) is 40.1. The number of hydrogen-bond donors (Lipinski definition) is 0. The molecular formula is C67H51BN2. The number of rotatable bonds is 3. The molecule has 0 spiro atoms. The van der Waals surface area contributed by atoms with Crippen molar-refractivity contribution >= 4 is 57.0 Å². The predicted molar refractivity (Wildman–Crippen MR) is 296 cm³/mol. The van der Waals surface area contributed by atoms with Gasteiger partial charge in [0.2, 0.25) is 0 Å². The number of benzene rings is 10. The average molecular weight is 895 g/mol. The lowest BCUT2D eigenvalue weighted by Gasteiger charge is -2.48. The van der Waals surface area contributed by atoms with Gasteiger partial charge in [0.25, 0.3) is 0 Å². The molecule has 10 aromatic rings. The summed E-state index contributed by atoms with van der Waals surface area (Å²) in [6.45, 7) is 14.5. The van der Waals surface area contributed by atoms with E-state index in [2.05, 4.69) is 251 Å². The van der Waals surface area contributed by atoms with Crippen molar-refractivity contribution in [1.82, 2.24) is 0 Å². The molecule has 332 valence electrons. The van der Waals surface area contributed by atoms with Crippen LogP contribution in [-0.2, 0) is 16.2 Å². The van der Waals surface area contributed by atoms with E-state index < -0.39 is 0 Å². The van der Waals surface area contributed by atoms with Crippen molar-refractivity contribution in [3.63, 3.8) is 0 Å². The van der Waals surface area contributed by atoms with Crippen LogP contribution in [0.5, 0.6) is 0 Å². The molecule has 0 amide bonds. The lowest BCUT2D eigenvalue weighted by atomic mass is 9.42. The standard InChI is InChI=1S/C67H51BN2/c1-65(2)54-25-15-12-22-46(54)49-33-32-45(36-57(49)65)69-61-39-58-50(47-23-13-16-26-55(47)66(58,3)4)38-59(61)68-63-53(37-52-48-24-14-17-27-56(48)67(5,6)62(52)64(63)69)51-34-42-20-10-11-21-43(42)35-60(51)70(68)44-30-28-41(29-31-44)40-18-8-7-9-19-40/h7-39H,1-6H3. The Bertz CT molecular complexity index is 3930. The highest BCUT2D eigenvalue weighted by atomic mass is 15.2. The highest BCUT2D eigenvalue weighted by Gasteiger charge is 2.52. The largest absolute Gasteiger partial charge is 0.376 e. The number of nitrogens with zero attached hydrogens (tertiary/aromatic N) is 2. The fraction of sp³-hybridized carbons (Fsp3) is 0.134. The Morgan fingerprint density at radius 1 is 0.343 bits per heavy atom. The first-order valence-electron chi connectivity index (χ1n) is 25.1. The maximum absolute atomic E-state index is 2.73. The Kier molecular flexibility index (Phi) is 7.82. The highest BCUT2D eigenvalue weighted by molar-refractivity contribution is 6.93. The zero-order chi connectivity index (χ0) is 47.0. The molecule has 70 heavy (non-hydrogen) atoms. The molecule has 5 aliphatic rings. The van der Waals surface area contributed by atoms with E-state index in [-0.39, 0.29) is 23.1 Å². The Morgan fingerprint density at radius 2 is 0.871 bits per heavy atom. The van der Waals surface area contributed by atoms with Crippen LogP contribution in [0, 0.1) is 0 Å². The van der Waals surface area contributed by atoms with Crippen molar-refractivity contribution in [3.8, 4) is 55.6 Å². The minimum Gasteiger partial charge on any atom is -0.376 e. The van der Waals surface area contributed by atoms with Crippen LogP contribution in [-0.4, -0.2) is 6.85 Å². The van der Waals surface area contributed by atoms with E-state index in [9.17, 15) is 0 Å². The summed E-state index contributed by atoms with van der Waals surface area (Å²) in [5.41, 5.74) is 29.6. The van der Waals surface area contributed by atoms with Gasteiger partial charge in [-0.15, -0.1) is 0 Å². The number of hydrogen-bond acceptors (Lipinski definition) is 2. The van der Waals surface area contributed by atoms with Crippen LogP contribution in [0.1, 0.15) is 74.9 Å². The van der Waals surface area contributed by atoms with E-state index in [0.29, 0.717) is 0 Å². The van der Waals surface area contributed by atoms with Crippen molar-refractivity contribution in [2.24, 2.45) is 0 Å². The monoisotopic (exact) mass is 894 g/mol. The second kappa shape index (κ2) is 13.7. The molecule has 0 bridgehead atoms. The summed E-state index contributed by atoms with van der Waals surface area (Å²) in [5, 5.41) is 2.49. The second-order valence-corrected chi connectivity index (χ2v) is 22.0. The van der Waals surface area contributed by atoms with Crippen LogP contribution in [0.15, 0.2) is 200 Å². The van der Waals surface area contributed by atoms with Crippen LogP contribution in [0.25, 0.3) is 66.4 Å². The van der Waals surface area contributed by atoms with E-state index in [1.54, 1.807) is 0 Å². The molecule has 0 unspecified atom stereocenters. The molecule has 0 N–H and O–H groups in total. The third-order valence-electron chi connectivity index (χ3n) is 17.4. The molecule has 0 fully saturated rings. The summed E-state index contributed by atoms with van der Waals surface area (Å²) in [6, 6.07) is 76.7. The van der Waals surface area contributed by atoms with Crippen molar-refractivity contribution in [2.45, 2.75) is 57.8 Å². The first-order valence-corrected chi connectivity index (χ1v) is 25.1. The Labute approximate surface area is 411 Å². The minimum absolute atomic E-state index is 0.145. The molecule has 2 aliphatic heterocycles. The fourth-order valence-electron chi connectivity index (χ4n) is 14.0. The lowest BCUT2D eigenvalue weighted by Crippen LogP contribution is -2.62. The molecule has 10 aromatic carbocycles. The van der Waals surface area contributed by atoms with Crippen molar-refractivity contribution < 1.29 is 0 Å². The molecule has 15 rings (SSSR count). The zero-order valence-corrected chi connectivity index (χ0v) is 40.5. The van der Waals surface area contributed by atoms with Gasteiger partial charge in [-0.05, 0) is 154 Å². The predicted octanol–water partition coefficient (Wildman–Crippen LogP) is 16.1. The molecular weight excluding hydrogens is 844 g/mol. The smallest absolute Gasteiger partial charge is 0.333 e. The van der Waals surface area contributed by atoms with E-state index in [1.807, 2.05) is 0 Å². The zero-order valence-electron chi connectivity index (χ0n) is 40.5.